The third kappa shape index (κ3) is 3.03. The SMILES string of the molecule is O=C(O)c1ccccc1-c1cnc(Nc2cc(F)ccc2F)o1. The number of benzene rings is 2. The number of carboxylic acids is 1. The average Bonchev–Trinajstić information content (AvgIpc) is 2.99. The van der Waals surface area contributed by atoms with Gasteiger partial charge in [-0.25, -0.2) is 18.6 Å². The van der Waals surface area contributed by atoms with Crippen molar-refractivity contribution >= 4 is 17.7 Å². The Morgan fingerprint density at radius 1 is 1.17 bits per heavy atom. The van der Waals surface area contributed by atoms with Crippen LogP contribution in [0.15, 0.2) is 53.1 Å². The zero-order valence-corrected chi connectivity index (χ0v) is 11.6. The third-order valence-corrected chi connectivity index (χ3v) is 3.10. The Labute approximate surface area is 129 Å². The van der Waals surface area contributed by atoms with Crippen LogP contribution in [-0.4, -0.2) is 16.1 Å². The van der Waals surface area contributed by atoms with Crippen molar-refractivity contribution in [3.8, 4) is 11.3 Å². The largest absolute Gasteiger partial charge is 0.478 e. The van der Waals surface area contributed by atoms with Gasteiger partial charge in [0.1, 0.15) is 11.6 Å². The van der Waals surface area contributed by atoms with Crippen LogP contribution in [0.3, 0.4) is 0 Å². The van der Waals surface area contributed by atoms with Crippen LogP contribution in [0, 0.1) is 11.6 Å². The number of anilines is 2. The second kappa shape index (κ2) is 5.88. The highest BCUT2D eigenvalue weighted by Gasteiger charge is 2.15. The first-order valence-corrected chi connectivity index (χ1v) is 6.55. The summed E-state index contributed by atoms with van der Waals surface area (Å²) in [6.45, 7) is 0. The van der Waals surface area contributed by atoms with Crippen LogP contribution < -0.4 is 5.32 Å². The molecule has 5 nitrogen and oxygen atoms in total. The fraction of sp³-hybridized carbons (Fsp3) is 0. The molecule has 0 fully saturated rings. The fourth-order valence-corrected chi connectivity index (χ4v) is 2.05. The highest BCUT2D eigenvalue weighted by molar-refractivity contribution is 5.95. The molecule has 0 bridgehead atoms. The molecule has 3 aromatic rings. The zero-order chi connectivity index (χ0) is 16.4. The maximum atomic E-state index is 13.6. The molecule has 0 aliphatic heterocycles. The van der Waals surface area contributed by atoms with E-state index in [0.717, 1.165) is 18.2 Å². The van der Waals surface area contributed by atoms with E-state index in [4.69, 9.17) is 9.52 Å². The lowest BCUT2D eigenvalue weighted by Crippen LogP contribution is -1.98. The number of hydrogen-bond donors (Lipinski definition) is 2. The molecule has 0 spiro atoms. The normalized spacial score (nSPS) is 10.5. The molecule has 0 atom stereocenters. The first-order chi connectivity index (χ1) is 11.0. The van der Waals surface area contributed by atoms with E-state index in [9.17, 15) is 13.6 Å². The Kier molecular flexibility index (Phi) is 3.76. The maximum Gasteiger partial charge on any atom is 0.336 e. The van der Waals surface area contributed by atoms with Gasteiger partial charge in [-0.2, -0.15) is 0 Å². The molecule has 0 saturated carbocycles. The first-order valence-electron chi connectivity index (χ1n) is 6.55. The van der Waals surface area contributed by atoms with Gasteiger partial charge in [0.15, 0.2) is 5.76 Å². The highest BCUT2D eigenvalue weighted by Crippen LogP contribution is 2.28. The van der Waals surface area contributed by atoms with Crippen molar-refractivity contribution in [3.05, 3.63) is 65.9 Å². The van der Waals surface area contributed by atoms with E-state index in [0.29, 0.717) is 5.56 Å². The van der Waals surface area contributed by atoms with Crippen LogP contribution in [-0.2, 0) is 0 Å². The average molecular weight is 316 g/mol. The van der Waals surface area contributed by atoms with Gasteiger partial charge < -0.3 is 14.8 Å². The predicted molar refractivity (Wildman–Crippen MR) is 78.5 cm³/mol. The van der Waals surface area contributed by atoms with Crippen molar-refractivity contribution in [3.63, 3.8) is 0 Å². The van der Waals surface area contributed by atoms with E-state index >= 15 is 0 Å². The number of oxazole rings is 1. The molecule has 0 aliphatic carbocycles. The number of aromatic nitrogens is 1. The molecular formula is C16H10F2N2O3. The molecule has 0 amide bonds. The maximum absolute atomic E-state index is 13.6. The molecule has 2 N–H and O–H groups in total. The van der Waals surface area contributed by atoms with E-state index in [1.54, 1.807) is 18.2 Å². The van der Waals surface area contributed by atoms with Crippen LogP contribution >= 0.6 is 0 Å². The van der Waals surface area contributed by atoms with Gasteiger partial charge in [0.05, 0.1) is 17.4 Å². The minimum atomic E-state index is -1.11. The molecule has 116 valence electrons. The second-order valence-electron chi connectivity index (χ2n) is 4.63. The van der Waals surface area contributed by atoms with Crippen molar-refractivity contribution in [1.82, 2.24) is 4.98 Å². The summed E-state index contributed by atoms with van der Waals surface area (Å²) in [5.41, 5.74) is 0.248. The molecule has 1 heterocycles. The predicted octanol–water partition coefficient (Wildman–Crippen LogP) is 4.06. The summed E-state index contributed by atoms with van der Waals surface area (Å²) in [5.74, 6) is -2.20. The van der Waals surface area contributed by atoms with Crippen LogP contribution in [0.2, 0.25) is 0 Å². The number of halogens is 2. The summed E-state index contributed by atoms with van der Waals surface area (Å²) in [4.78, 5) is 15.1. The molecule has 1 aromatic heterocycles. The van der Waals surface area contributed by atoms with Crippen LogP contribution in [0.4, 0.5) is 20.5 Å². The molecule has 7 heteroatoms. The van der Waals surface area contributed by atoms with Crippen LogP contribution in [0.5, 0.6) is 0 Å². The second-order valence-corrected chi connectivity index (χ2v) is 4.63. The Bertz CT molecular complexity index is 877. The Balaban J connectivity index is 1.92. The summed E-state index contributed by atoms with van der Waals surface area (Å²) in [7, 11) is 0. The lowest BCUT2D eigenvalue weighted by Gasteiger charge is -2.04. The number of carbonyl (C=O) groups is 1. The lowest BCUT2D eigenvalue weighted by atomic mass is 10.1. The Morgan fingerprint density at radius 2 is 1.96 bits per heavy atom. The summed E-state index contributed by atoms with van der Waals surface area (Å²) >= 11 is 0. The van der Waals surface area contributed by atoms with Gasteiger partial charge in [-0.15, -0.1) is 0 Å². The standard InChI is InChI=1S/C16H10F2N2O3/c17-9-5-6-12(18)13(7-9)20-16-19-8-14(23-16)10-3-1-2-4-11(10)15(21)22/h1-8H,(H,19,20)(H,21,22). The number of aromatic carboxylic acids is 1. The van der Waals surface area contributed by atoms with Gasteiger partial charge in [-0.3, -0.25) is 0 Å². The van der Waals surface area contributed by atoms with E-state index in [2.05, 4.69) is 10.3 Å². The smallest absolute Gasteiger partial charge is 0.336 e. The Morgan fingerprint density at radius 3 is 2.74 bits per heavy atom. The fourth-order valence-electron chi connectivity index (χ4n) is 2.05. The third-order valence-electron chi connectivity index (χ3n) is 3.10. The van der Waals surface area contributed by atoms with Crippen molar-refractivity contribution < 1.29 is 23.1 Å². The topological polar surface area (TPSA) is 75.4 Å². The van der Waals surface area contributed by atoms with E-state index in [-0.39, 0.29) is 23.0 Å². The van der Waals surface area contributed by atoms with E-state index in [1.165, 1.54) is 12.3 Å². The van der Waals surface area contributed by atoms with Crippen LogP contribution in [0.1, 0.15) is 10.4 Å². The number of rotatable bonds is 4. The van der Waals surface area contributed by atoms with Gasteiger partial charge in [-0.1, -0.05) is 18.2 Å². The van der Waals surface area contributed by atoms with Gasteiger partial charge in [0, 0.05) is 11.6 Å². The minimum Gasteiger partial charge on any atom is -0.478 e. The zero-order valence-electron chi connectivity index (χ0n) is 11.6. The summed E-state index contributed by atoms with van der Waals surface area (Å²) in [5, 5.41) is 11.7. The molecule has 0 radical (unpaired) electrons. The van der Waals surface area contributed by atoms with E-state index < -0.39 is 17.6 Å². The van der Waals surface area contributed by atoms with Crippen LogP contribution in [0.25, 0.3) is 11.3 Å². The monoisotopic (exact) mass is 316 g/mol. The van der Waals surface area contributed by atoms with Gasteiger partial charge in [0.2, 0.25) is 0 Å². The van der Waals surface area contributed by atoms with Crippen molar-refractivity contribution in [2.24, 2.45) is 0 Å². The molecule has 0 saturated heterocycles. The minimum absolute atomic E-state index is 0.0483. The lowest BCUT2D eigenvalue weighted by molar-refractivity contribution is 0.0697. The first kappa shape index (κ1) is 14.7. The molecule has 2 aromatic carbocycles. The number of hydrogen-bond acceptors (Lipinski definition) is 4. The molecule has 3 rings (SSSR count). The van der Waals surface area contributed by atoms with Crippen molar-refractivity contribution in [2.45, 2.75) is 0 Å². The number of carboxylic acid groups (broad SMARTS) is 1. The van der Waals surface area contributed by atoms with Gasteiger partial charge in [-0.05, 0) is 18.2 Å². The highest BCUT2D eigenvalue weighted by atomic mass is 19.1. The number of nitrogens with zero attached hydrogens (tertiary/aromatic N) is 1. The summed E-state index contributed by atoms with van der Waals surface area (Å²) in [6.07, 6.45) is 1.31. The Hall–Kier alpha value is -3.22. The molecular weight excluding hydrogens is 306 g/mol. The van der Waals surface area contributed by atoms with Gasteiger partial charge in [0.25, 0.3) is 6.01 Å². The quantitative estimate of drug-likeness (QED) is 0.759. The molecule has 23 heavy (non-hydrogen) atoms. The summed E-state index contributed by atoms with van der Waals surface area (Å²) < 4.78 is 32.1. The van der Waals surface area contributed by atoms with Crippen molar-refractivity contribution in [2.75, 3.05) is 5.32 Å². The molecule has 0 unspecified atom stereocenters. The van der Waals surface area contributed by atoms with E-state index in [1.807, 2.05) is 0 Å². The van der Waals surface area contributed by atoms with Gasteiger partial charge >= 0.3 is 5.97 Å². The summed E-state index contributed by atoms with van der Waals surface area (Å²) in [6, 6.07) is 9.09. The number of nitrogens with one attached hydrogen (secondary N) is 1. The van der Waals surface area contributed by atoms with Crippen molar-refractivity contribution in [1.29, 1.82) is 0 Å². The molecule has 0 aliphatic rings.